The van der Waals surface area contributed by atoms with Gasteiger partial charge in [-0.3, -0.25) is 4.98 Å². The average Bonchev–Trinajstić information content (AvgIpc) is 2.36. The second kappa shape index (κ2) is 4.49. The summed E-state index contributed by atoms with van der Waals surface area (Å²) in [5.74, 6) is 1.86. The molecule has 0 N–H and O–H groups in total. The van der Waals surface area contributed by atoms with E-state index in [4.69, 9.17) is 14.2 Å². The summed E-state index contributed by atoms with van der Waals surface area (Å²) in [6.45, 7) is 1.99. The molecular formula is C13H15NO3. The Bertz CT molecular complexity index is 552. The molecule has 0 aliphatic rings. The Morgan fingerprint density at radius 3 is 2.24 bits per heavy atom. The third-order valence-electron chi connectivity index (χ3n) is 2.63. The second-order valence-electron chi connectivity index (χ2n) is 3.72. The van der Waals surface area contributed by atoms with Gasteiger partial charge in [-0.1, -0.05) is 0 Å². The molecule has 1 aromatic carbocycles. The summed E-state index contributed by atoms with van der Waals surface area (Å²) in [5, 5.41) is 0.921. The number of fused-ring (bicyclic) bond motifs is 1. The molecule has 0 aliphatic carbocycles. The highest BCUT2D eigenvalue weighted by Gasteiger charge is 2.16. The van der Waals surface area contributed by atoms with Crippen LogP contribution >= 0.6 is 0 Å². The molecule has 1 heterocycles. The first-order valence-corrected chi connectivity index (χ1v) is 5.26. The number of pyridine rings is 1. The van der Waals surface area contributed by atoms with E-state index in [2.05, 4.69) is 4.98 Å². The van der Waals surface area contributed by atoms with Gasteiger partial charge in [0, 0.05) is 17.6 Å². The van der Waals surface area contributed by atoms with Crippen LogP contribution in [0.3, 0.4) is 0 Å². The van der Waals surface area contributed by atoms with E-state index in [1.165, 1.54) is 0 Å². The molecular weight excluding hydrogens is 218 g/mol. The highest BCUT2D eigenvalue weighted by molar-refractivity contribution is 5.90. The molecule has 0 aliphatic heterocycles. The molecule has 0 bridgehead atoms. The first-order chi connectivity index (χ1) is 8.21. The number of hydrogen-bond donors (Lipinski definition) is 0. The summed E-state index contributed by atoms with van der Waals surface area (Å²) in [6.07, 6.45) is 1.81. The number of ether oxygens (including phenoxy) is 3. The fraction of sp³-hybridized carbons (Fsp3) is 0.308. The van der Waals surface area contributed by atoms with Crippen LogP contribution in [0.4, 0.5) is 0 Å². The van der Waals surface area contributed by atoms with Gasteiger partial charge < -0.3 is 14.2 Å². The van der Waals surface area contributed by atoms with E-state index in [9.17, 15) is 0 Å². The van der Waals surface area contributed by atoms with Crippen LogP contribution < -0.4 is 14.2 Å². The molecule has 17 heavy (non-hydrogen) atoms. The first-order valence-electron chi connectivity index (χ1n) is 5.26. The van der Waals surface area contributed by atoms with Gasteiger partial charge in [0.05, 0.1) is 26.8 Å². The molecule has 2 aromatic rings. The molecule has 0 unspecified atom stereocenters. The molecule has 0 spiro atoms. The number of hydrogen-bond acceptors (Lipinski definition) is 4. The van der Waals surface area contributed by atoms with Crippen molar-refractivity contribution in [3.63, 3.8) is 0 Å². The number of aryl methyl sites for hydroxylation is 1. The lowest BCUT2D eigenvalue weighted by molar-refractivity contribution is 0.327. The Morgan fingerprint density at radius 1 is 0.941 bits per heavy atom. The fourth-order valence-corrected chi connectivity index (χ4v) is 1.85. The third-order valence-corrected chi connectivity index (χ3v) is 2.63. The van der Waals surface area contributed by atoms with Gasteiger partial charge in [0.1, 0.15) is 0 Å². The fourth-order valence-electron chi connectivity index (χ4n) is 1.85. The molecule has 4 heteroatoms. The number of nitrogens with zero attached hydrogens (tertiary/aromatic N) is 1. The Kier molecular flexibility index (Phi) is 3.04. The van der Waals surface area contributed by atoms with E-state index in [1.54, 1.807) is 21.3 Å². The van der Waals surface area contributed by atoms with Crippen molar-refractivity contribution in [2.24, 2.45) is 0 Å². The van der Waals surface area contributed by atoms with E-state index >= 15 is 0 Å². The van der Waals surface area contributed by atoms with Crippen molar-refractivity contribution in [3.8, 4) is 17.2 Å². The minimum Gasteiger partial charge on any atom is -0.493 e. The quantitative estimate of drug-likeness (QED) is 0.817. The highest BCUT2D eigenvalue weighted by Crippen LogP contribution is 2.42. The molecule has 0 atom stereocenters. The van der Waals surface area contributed by atoms with Crippen LogP contribution in [0.1, 0.15) is 5.56 Å². The molecule has 0 amide bonds. The standard InChI is InChI=1S/C13H15NO3/c1-8-5-9-10(14-7-8)6-11(15-2)13(17-4)12(9)16-3/h5-7H,1-4H3. The summed E-state index contributed by atoms with van der Waals surface area (Å²) in [7, 11) is 4.80. The van der Waals surface area contributed by atoms with E-state index in [0.29, 0.717) is 17.2 Å². The van der Waals surface area contributed by atoms with Gasteiger partial charge in [0.15, 0.2) is 11.5 Å². The van der Waals surface area contributed by atoms with Gasteiger partial charge in [-0.25, -0.2) is 0 Å². The van der Waals surface area contributed by atoms with Crippen molar-refractivity contribution in [1.82, 2.24) is 4.98 Å². The van der Waals surface area contributed by atoms with E-state index in [-0.39, 0.29) is 0 Å². The lowest BCUT2D eigenvalue weighted by Gasteiger charge is -2.14. The predicted molar refractivity (Wildman–Crippen MR) is 66.1 cm³/mol. The van der Waals surface area contributed by atoms with E-state index < -0.39 is 0 Å². The van der Waals surface area contributed by atoms with Gasteiger partial charge in [0.25, 0.3) is 0 Å². The van der Waals surface area contributed by atoms with Crippen LogP contribution in [-0.2, 0) is 0 Å². The number of rotatable bonds is 3. The monoisotopic (exact) mass is 233 g/mol. The molecule has 2 rings (SSSR count). The summed E-state index contributed by atoms with van der Waals surface area (Å²) in [6, 6.07) is 3.86. The maximum absolute atomic E-state index is 5.40. The van der Waals surface area contributed by atoms with Gasteiger partial charge in [0.2, 0.25) is 5.75 Å². The number of aromatic nitrogens is 1. The Labute approximate surface area is 100 Å². The summed E-state index contributed by atoms with van der Waals surface area (Å²) < 4.78 is 16.0. The zero-order valence-electron chi connectivity index (χ0n) is 10.4. The average molecular weight is 233 g/mol. The summed E-state index contributed by atoms with van der Waals surface area (Å²) in [5.41, 5.74) is 1.90. The maximum atomic E-state index is 5.40. The first kappa shape index (κ1) is 11.5. The lowest BCUT2D eigenvalue weighted by Crippen LogP contribution is -1.97. The topological polar surface area (TPSA) is 40.6 Å². The molecule has 0 saturated heterocycles. The Hall–Kier alpha value is -1.97. The SMILES string of the molecule is COc1cc2ncc(C)cc2c(OC)c1OC. The molecule has 0 fully saturated rings. The van der Waals surface area contributed by atoms with Gasteiger partial charge >= 0.3 is 0 Å². The second-order valence-corrected chi connectivity index (χ2v) is 3.72. The maximum Gasteiger partial charge on any atom is 0.204 e. The largest absolute Gasteiger partial charge is 0.493 e. The van der Waals surface area contributed by atoms with Crippen LogP contribution in [0.2, 0.25) is 0 Å². The minimum atomic E-state index is 0.593. The minimum absolute atomic E-state index is 0.593. The summed E-state index contributed by atoms with van der Waals surface area (Å²) >= 11 is 0. The van der Waals surface area contributed by atoms with E-state index in [0.717, 1.165) is 16.5 Å². The molecule has 1 aromatic heterocycles. The van der Waals surface area contributed by atoms with Gasteiger partial charge in [-0.15, -0.1) is 0 Å². The van der Waals surface area contributed by atoms with Crippen LogP contribution in [0.25, 0.3) is 10.9 Å². The van der Waals surface area contributed by atoms with Crippen molar-refractivity contribution in [2.45, 2.75) is 6.92 Å². The Balaban J connectivity index is 2.84. The van der Waals surface area contributed by atoms with Crippen molar-refractivity contribution < 1.29 is 14.2 Å². The van der Waals surface area contributed by atoms with Crippen molar-refractivity contribution in [1.29, 1.82) is 0 Å². The van der Waals surface area contributed by atoms with Crippen LogP contribution in [0.5, 0.6) is 17.2 Å². The van der Waals surface area contributed by atoms with Crippen molar-refractivity contribution in [3.05, 3.63) is 23.9 Å². The van der Waals surface area contributed by atoms with Crippen molar-refractivity contribution >= 4 is 10.9 Å². The third kappa shape index (κ3) is 1.86. The molecule has 0 radical (unpaired) electrons. The smallest absolute Gasteiger partial charge is 0.204 e. The van der Waals surface area contributed by atoms with Crippen LogP contribution in [-0.4, -0.2) is 26.3 Å². The normalized spacial score (nSPS) is 10.4. The zero-order valence-corrected chi connectivity index (χ0v) is 10.4. The van der Waals surface area contributed by atoms with Crippen molar-refractivity contribution in [2.75, 3.05) is 21.3 Å². The predicted octanol–water partition coefficient (Wildman–Crippen LogP) is 2.57. The summed E-state index contributed by atoms with van der Waals surface area (Å²) in [4.78, 5) is 4.36. The molecule has 90 valence electrons. The van der Waals surface area contributed by atoms with Gasteiger partial charge in [-0.05, 0) is 18.6 Å². The van der Waals surface area contributed by atoms with E-state index in [1.807, 2.05) is 25.3 Å². The van der Waals surface area contributed by atoms with Gasteiger partial charge in [-0.2, -0.15) is 0 Å². The van der Waals surface area contributed by atoms with Crippen LogP contribution in [0, 0.1) is 6.92 Å². The highest BCUT2D eigenvalue weighted by atomic mass is 16.5. The number of methoxy groups -OCH3 is 3. The molecule has 4 nitrogen and oxygen atoms in total. The van der Waals surface area contributed by atoms with Crippen LogP contribution in [0.15, 0.2) is 18.3 Å². The Morgan fingerprint density at radius 2 is 1.65 bits per heavy atom. The number of benzene rings is 1. The lowest BCUT2D eigenvalue weighted by atomic mass is 10.1. The zero-order chi connectivity index (χ0) is 12.4. The molecule has 0 saturated carbocycles.